The van der Waals surface area contributed by atoms with Crippen LogP contribution >= 0.6 is 0 Å². The maximum absolute atomic E-state index is 12.6. The third-order valence-electron chi connectivity index (χ3n) is 3.60. The standard InChI is InChI=1S/C16H24N2O3/c1-5-6-7-11-13(15(20)21-18-11)12(10-8-9-10)14(19)17-16(2,3)4/h5,10,12,18H,1,6-9H2,2-4H3,(H,17,19). The number of amides is 1. The summed E-state index contributed by atoms with van der Waals surface area (Å²) in [6.45, 7) is 9.50. The highest BCUT2D eigenvalue weighted by molar-refractivity contribution is 5.85. The number of aryl methyl sites for hydroxylation is 1. The zero-order chi connectivity index (χ0) is 15.6. The van der Waals surface area contributed by atoms with Crippen molar-refractivity contribution in [3.8, 4) is 0 Å². The Morgan fingerprint density at radius 2 is 2.19 bits per heavy atom. The van der Waals surface area contributed by atoms with E-state index in [2.05, 4.69) is 17.1 Å². The van der Waals surface area contributed by atoms with Crippen molar-refractivity contribution in [3.63, 3.8) is 0 Å². The summed E-state index contributed by atoms with van der Waals surface area (Å²) < 4.78 is 4.94. The molecular formula is C16H24N2O3. The first-order chi connectivity index (χ1) is 9.83. The first-order valence-electron chi connectivity index (χ1n) is 7.46. The topological polar surface area (TPSA) is 75.1 Å². The molecule has 0 saturated heterocycles. The van der Waals surface area contributed by atoms with Gasteiger partial charge in [0.15, 0.2) is 0 Å². The van der Waals surface area contributed by atoms with Crippen LogP contribution in [0.2, 0.25) is 0 Å². The van der Waals surface area contributed by atoms with Gasteiger partial charge in [-0.15, -0.1) is 6.58 Å². The number of aromatic amines is 1. The number of rotatable bonds is 6. The summed E-state index contributed by atoms with van der Waals surface area (Å²) in [4.78, 5) is 24.6. The lowest BCUT2D eigenvalue weighted by atomic mass is 9.91. The molecule has 0 bridgehead atoms. The largest absolute Gasteiger partial charge is 0.361 e. The summed E-state index contributed by atoms with van der Waals surface area (Å²) in [6.07, 6.45) is 5.12. The van der Waals surface area contributed by atoms with Crippen LogP contribution in [0.5, 0.6) is 0 Å². The van der Waals surface area contributed by atoms with Gasteiger partial charge in [-0.3, -0.25) is 4.79 Å². The Bertz CT molecular complexity index is 573. The number of hydrogen-bond donors (Lipinski definition) is 2. The van der Waals surface area contributed by atoms with Crippen molar-refractivity contribution in [1.82, 2.24) is 10.5 Å². The van der Waals surface area contributed by atoms with Crippen LogP contribution in [0.3, 0.4) is 0 Å². The van der Waals surface area contributed by atoms with E-state index in [1.54, 1.807) is 6.08 Å². The molecule has 1 aromatic rings. The van der Waals surface area contributed by atoms with Crippen molar-refractivity contribution >= 4 is 5.91 Å². The monoisotopic (exact) mass is 292 g/mol. The Labute approximate surface area is 124 Å². The number of carbonyl (C=O) groups excluding carboxylic acids is 1. The molecule has 1 amide bonds. The molecule has 0 aromatic carbocycles. The van der Waals surface area contributed by atoms with Gasteiger partial charge >= 0.3 is 5.63 Å². The van der Waals surface area contributed by atoms with Crippen molar-refractivity contribution in [1.29, 1.82) is 0 Å². The molecule has 1 atom stereocenters. The molecule has 0 radical (unpaired) electrons. The van der Waals surface area contributed by atoms with Crippen LogP contribution in [0, 0.1) is 5.92 Å². The SMILES string of the molecule is C=CCCc1[nH]oc(=O)c1C(C(=O)NC(C)(C)C)C1CC1. The normalized spacial score (nSPS) is 16.5. The lowest BCUT2D eigenvalue weighted by Crippen LogP contribution is -2.44. The molecule has 2 rings (SSSR count). The van der Waals surface area contributed by atoms with Gasteiger partial charge in [-0.1, -0.05) is 6.08 Å². The van der Waals surface area contributed by atoms with E-state index in [4.69, 9.17) is 4.52 Å². The molecule has 5 nitrogen and oxygen atoms in total. The fourth-order valence-electron chi connectivity index (χ4n) is 2.55. The summed E-state index contributed by atoms with van der Waals surface area (Å²) in [5.41, 5.74) is 0.485. The van der Waals surface area contributed by atoms with E-state index in [9.17, 15) is 9.59 Å². The van der Waals surface area contributed by atoms with Gasteiger partial charge in [-0.2, -0.15) is 0 Å². The summed E-state index contributed by atoms with van der Waals surface area (Å²) in [5, 5.41) is 5.66. The van der Waals surface area contributed by atoms with E-state index in [1.807, 2.05) is 20.8 Å². The van der Waals surface area contributed by atoms with Crippen molar-refractivity contribution in [2.75, 3.05) is 0 Å². The quantitative estimate of drug-likeness (QED) is 0.791. The van der Waals surface area contributed by atoms with Crippen LogP contribution in [0.4, 0.5) is 0 Å². The first kappa shape index (κ1) is 15.6. The predicted molar refractivity (Wildman–Crippen MR) is 81.2 cm³/mol. The smallest absolute Gasteiger partial charge is 0.351 e. The second-order valence-electron chi connectivity index (χ2n) is 6.77. The minimum atomic E-state index is -0.421. The van der Waals surface area contributed by atoms with Gasteiger partial charge in [0.25, 0.3) is 0 Å². The molecule has 1 aliphatic carbocycles. The Balaban J connectivity index is 2.30. The molecule has 1 aliphatic rings. The molecule has 1 saturated carbocycles. The molecule has 1 fully saturated rings. The molecule has 1 unspecified atom stereocenters. The minimum absolute atomic E-state index is 0.0863. The van der Waals surface area contributed by atoms with Crippen molar-refractivity contribution in [3.05, 3.63) is 34.3 Å². The molecule has 5 heteroatoms. The lowest BCUT2D eigenvalue weighted by Gasteiger charge is -2.24. The van der Waals surface area contributed by atoms with Crippen molar-refractivity contribution in [2.24, 2.45) is 5.92 Å². The van der Waals surface area contributed by atoms with Gasteiger partial charge in [0, 0.05) is 5.54 Å². The Morgan fingerprint density at radius 3 is 2.71 bits per heavy atom. The van der Waals surface area contributed by atoms with Gasteiger partial charge in [0.2, 0.25) is 5.91 Å². The van der Waals surface area contributed by atoms with E-state index in [0.29, 0.717) is 12.0 Å². The molecule has 0 spiro atoms. The van der Waals surface area contributed by atoms with Crippen molar-refractivity contribution < 1.29 is 9.32 Å². The predicted octanol–water partition coefficient (Wildman–Crippen LogP) is 2.49. The van der Waals surface area contributed by atoms with Gasteiger partial charge in [-0.05, 0) is 52.4 Å². The summed E-state index contributed by atoms with van der Waals surface area (Å²) in [7, 11) is 0. The van der Waals surface area contributed by atoms with E-state index in [1.165, 1.54) is 0 Å². The highest BCUT2D eigenvalue weighted by Gasteiger charge is 2.41. The van der Waals surface area contributed by atoms with Crippen LogP contribution in [-0.4, -0.2) is 16.6 Å². The number of aromatic nitrogens is 1. The fourth-order valence-corrected chi connectivity index (χ4v) is 2.55. The van der Waals surface area contributed by atoms with Gasteiger partial charge in [-0.25, -0.2) is 9.95 Å². The number of H-pyrrole nitrogens is 1. The van der Waals surface area contributed by atoms with E-state index < -0.39 is 11.5 Å². The van der Waals surface area contributed by atoms with Gasteiger partial charge < -0.3 is 9.84 Å². The number of carbonyl (C=O) groups is 1. The molecule has 1 aromatic heterocycles. The highest BCUT2D eigenvalue weighted by atomic mass is 16.5. The third kappa shape index (κ3) is 3.86. The molecule has 1 heterocycles. The van der Waals surface area contributed by atoms with Crippen LogP contribution in [0.15, 0.2) is 22.0 Å². The van der Waals surface area contributed by atoms with E-state index in [0.717, 1.165) is 25.0 Å². The molecular weight excluding hydrogens is 268 g/mol. The van der Waals surface area contributed by atoms with Crippen LogP contribution < -0.4 is 10.9 Å². The minimum Gasteiger partial charge on any atom is -0.351 e. The average molecular weight is 292 g/mol. The first-order valence-corrected chi connectivity index (χ1v) is 7.46. The fraction of sp³-hybridized carbons (Fsp3) is 0.625. The van der Waals surface area contributed by atoms with Crippen LogP contribution in [-0.2, 0) is 11.2 Å². The number of hydrogen-bond acceptors (Lipinski definition) is 3. The molecule has 0 aliphatic heterocycles. The molecule has 116 valence electrons. The lowest BCUT2D eigenvalue weighted by molar-refractivity contribution is -0.124. The molecule has 21 heavy (non-hydrogen) atoms. The van der Waals surface area contributed by atoms with Crippen LogP contribution in [0.25, 0.3) is 0 Å². The second kappa shape index (κ2) is 5.92. The van der Waals surface area contributed by atoms with E-state index >= 15 is 0 Å². The Morgan fingerprint density at radius 1 is 1.52 bits per heavy atom. The van der Waals surface area contributed by atoms with Crippen molar-refractivity contribution in [2.45, 2.75) is 57.9 Å². The Kier molecular flexibility index (Phi) is 4.40. The maximum Gasteiger partial charge on any atom is 0.361 e. The second-order valence-corrected chi connectivity index (χ2v) is 6.77. The Hall–Kier alpha value is -1.78. The highest BCUT2D eigenvalue weighted by Crippen LogP contribution is 2.43. The third-order valence-corrected chi connectivity index (χ3v) is 3.60. The van der Waals surface area contributed by atoms with Gasteiger partial charge in [0.1, 0.15) is 0 Å². The maximum atomic E-state index is 12.6. The zero-order valence-corrected chi connectivity index (χ0v) is 13.0. The van der Waals surface area contributed by atoms with Gasteiger partial charge in [0.05, 0.1) is 17.2 Å². The summed E-state index contributed by atoms with van der Waals surface area (Å²) >= 11 is 0. The number of allylic oxidation sites excluding steroid dienone is 1. The van der Waals surface area contributed by atoms with Crippen LogP contribution in [0.1, 0.15) is 57.2 Å². The number of nitrogens with one attached hydrogen (secondary N) is 2. The zero-order valence-electron chi connectivity index (χ0n) is 13.0. The summed E-state index contributed by atoms with van der Waals surface area (Å²) in [6, 6.07) is 0. The molecule has 2 N–H and O–H groups in total. The van der Waals surface area contributed by atoms with E-state index in [-0.39, 0.29) is 17.4 Å². The summed E-state index contributed by atoms with van der Waals surface area (Å²) in [5.74, 6) is -0.253. The average Bonchev–Trinajstić information content (AvgIpc) is 3.12.